The molecule has 0 saturated heterocycles. The number of carbonyl (C=O) groups is 1. The molecule has 0 aliphatic heterocycles. The van der Waals surface area contributed by atoms with Gasteiger partial charge in [-0.2, -0.15) is 4.72 Å². The highest BCUT2D eigenvalue weighted by molar-refractivity contribution is 7.77. The molecule has 0 fully saturated rings. The van der Waals surface area contributed by atoms with Gasteiger partial charge in [-0.3, -0.25) is 9.35 Å². The lowest BCUT2D eigenvalue weighted by atomic mass is 9.86. The summed E-state index contributed by atoms with van der Waals surface area (Å²) in [6.07, 6.45) is 0.819. The zero-order chi connectivity index (χ0) is 16.7. The molecule has 5 nitrogen and oxygen atoms in total. The van der Waals surface area contributed by atoms with Gasteiger partial charge in [-0.15, -0.1) is 0 Å². The minimum Gasteiger partial charge on any atom is -0.480 e. The summed E-state index contributed by atoms with van der Waals surface area (Å²) in [6, 6.07) is 18.6. The Morgan fingerprint density at radius 2 is 1.52 bits per heavy atom. The lowest BCUT2D eigenvalue weighted by Gasteiger charge is -2.29. The lowest BCUT2D eigenvalue weighted by molar-refractivity contribution is -0.144. The third kappa shape index (κ3) is 4.99. The molecule has 122 valence electrons. The predicted octanol–water partition coefficient (Wildman–Crippen LogP) is 2.41. The van der Waals surface area contributed by atoms with Crippen LogP contribution in [0, 0.1) is 0 Å². The molecule has 0 aliphatic rings. The van der Waals surface area contributed by atoms with Gasteiger partial charge in [0.05, 0.1) is 0 Å². The molecule has 2 aromatic rings. The van der Waals surface area contributed by atoms with Crippen LogP contribution < -0.4 is 4.72 Å². The van der Waals surface area contributed by atoms with Gasteiger partial charge in [-0.1, -0.05) is 60.7 Å². The molecule has 6 heteroatoms. The topological polar surface area (TPSA) is 86.6 Å². The minimum absolute atomic E-state index is 0.127. The number of hydrogen-bond donors (Lipinski definition) is 3. The molecule has 0 amide bonds. The number of hydrogen-bond acceptors (Lipinski definition) is 2. The maximum atomic E-state index is 11.9. The standard InChI is InChI=1S/C17H19NO4S/c19-16(20)17(18-23(21)22,13-15-9-5-2-6-10-15)12-11-14-7-3-1-4-8-14/h1-10,18H,11-13H2,(H,19,20)(H,21,22)/t17-/m1/s1. The number of aryl methyl sites for hydroxylation is 1. The van der Waals surface area contributed by atoms with Crippen LogP contribution in [-0.2, 0) is 28.9 Å². The number of rotatable bonds is 8. The van der Waals surface area contributed by atoms with E-state index >= 15 is 0 Å². The zero-order valence-electron chi connectivity index (χ0n) is 12.5. The average molecular weight is 333 g/mol. The molecule has 0 aromatic heterocycles. The van der Waals surface area contributed by atoms with Gasteiger partial charge in [0.2, 0.25) is 11.3 Å². The van der Waals surface area contributed by atoms with Gasteiger partial charge in [-0.05, 0) is 24.0 Å². The summed E-state index contributed by atoms with van der Waals surface area (Å²) in [4.78, 5) is 11.9. The molecule has 0 bridgehead atoms. The molecular formula is C17H19NO4S. The molecule has 23 heavy (non-hydrogen) atoms. The summed E-state index contributed by atoms with van der Waals surface area (Å²) >= 11 is -2.42. The quantitative estimate of drug-likeness (QED) is 0.648. The number of carboxylic acids is 1. The summed E-state index contributed by atoms with van der Waals surface area (Å²) in [6.45, 7) is 0. The van der Waals surface area contributed by atoms with Gasteiger partial charge >= 0.3 is 5.97 Å². The lowest BCUT2D eigenvalue weighted by Crippen LogP contribution is -2.54. The van der Waals surface area contributed by atoms with Gasteiger partial charge in [0, 0.05) is 6.42 Å². The largest absolute Gasteiger partial charge is 0.480 e. The fourth-order valence-electron chi connectivity index (χ4n) is 2.52. The normalized spacial score (nSPS) is 14.8. The van der Waals surface area contributed by atoms with Crippen LogP contribution in [0.2, 0.25) is 0 Å². The van der Waals surface area contributed by atoms with Crippen molar-refractivity contribution >= 4 is 17.2 Å². The van der Waals surface area contributed by atoms with E-state index in [0.717, 1.165) is 11.1 Å². The summed E-state index contributed by atoms with van der Waals surface area (Å²) in [5.41, 5.74) is 0.272. The van der Waals surface area contributed by atoms with Crippen LogP contribution in [0.25, 0.3) is 0 Å². The smallest absolute Gasteiger partial charge is 0.325 e. The Kier molecular flexibility index (Phi) is 6.04. The Hall–Kier alpha value is -2.02. The van der Waals surface area contributed by atoms with Crippen LogP contribution in [0.15, 0.2) is 60.7 Å². The van der Waals surface area contributed by atoms with Crippen molar-refractivity contribution in [1.29, 1.82) is 0 Å². The molecule has 1 unspecified atom stereocenters. The predicted molar refractivity (Wildman–Crippen MR) is 89.2 cm³/mol. The van der Waals surface area contributed by atoms with E-state index in [1.807, 2.05) is 60.7 Å². The molecule has 0 spiro atoms. The molecule has 2 atom stereocenters. The second-order valence-electron chi connectivity index (χ2n) is 5.39. The molecular weight excluding hydrogens is 314 g/mol. The molecule has 0 saturated carbocycles. The third-order valence-electron chi connectivity index (χ3n) is 3.72. The number of carboxylic acid groups (broad SMARTS) is 1. The Morgan fingerprint density at radius 3 is 2.00 bits per heavy atom. The van der Waals surface area contributed by atoms with Crippen molar-refractivity contribution < 1.29 is 18.7 Å². The first kappa shape index (κ1) is 17.3. The average Bonchev–Trinajstić information content (AvgIpc) is 2.54. The van der Waals surface area contributed by atoms with Crippen LogP contribution >= 0.6 is 0 Å². The Balaban J connectivity index is 2.25. The van der Waals surface area contributed by atoms with Crippen molar-refractivity contribution in [3.05, 3.63) is 71.8 Å². The van der Waals surface area contributed by atoms with Crippen molar-refractivity contribution in [3.63, 3.8) is 0 Å². The summed E-state index contributed by atoms with van der Waals surface area (Å²) in [7, 11) is 0. The van der Waals surface area contributed by atoms with Crippen LogP contribution in [0.1, 0.15) is 17.5 Å². The molecule has 0 radical (unpaired) electrons. The Morgan fingerprint density at radius 1 is 1.00 bits per heavy atom. The van der Waals surface area contributed by atoms with Gasteiger partial charge < -0.3 is 5.11 Å². The van der Waals surface area contributed by atoms with E-state index < -0.39 is 22.8 Å². The van der Waals surface area contributed by atoms with Crippen molar-refractivity contribution in [2.45, 2.75) is 24.8 Å². The van der Waals surface area contributed by atoms with Crippen LogP contribution in [0.3, 0.4) is 0 Å². The van der Waals surface area contributed by atoms with E-state index in [0.29, 0.717) is 6.42 Å². The van der Waals surface area contributed by atoms with Crippen molar-refractivity contribution in [2.24, 2.45) is 0 Å². The van der Waals surface area contributed by atoms with E-state index in [1.54, 1.807) is 0 Å². The molecule has 2 aromatic carbocycles. The molecule has 2 rings (SSSR count). The highest BCUT2D eigenvalue weighted by Gasteiger charge is 2.39. The summed E-state index contributed by atoms with van der Waals surface area (Å²) in [5, 5.41) is 9.70. The van der Waals surface area contributed by atoms with Crippen LogP contribution in [-0.4, -0.2) is 25.4 Å². The number of aliphatic carboxylic acids is 1. The van der Waals surface area contributed by atoms with Crippen LogP contribution in [0.4, 0.5) is 0 Å². The first-order chi connectivity index (χ1) is 11.0. The first-order valence-electron chi connectivity index (χ1n) is 7.22. The fourth-order valence-corrected chi connectivity index (χ4v) is 3.11. The van der Waals surface area contributed by atoms with Crippen molar-refractivity contribution in [1.82, 2.24) is 4.72 Å². The highest BCUT2D eigenvalue weighted by Crippen LogP contribution is 2.21. The van der Waals surface area contributed by atoms with Gasteiger partial charge in [0.1, 0.15) is 5.54 Å². The first-order valence-corrected chi connectivity index (χ1v) is 8.32. The Bertz CT molecular complexity index is 663. The summed E-state index contributed by atoms with van der Waals surface area (Å²) < 4.78 is 22.8. The van der Waals surface area contributed by atoms with E-state index in [4.69, 9.17) is 0 Å². The second-order valence-corrected chi connectivity index (χ2v) is 6.09. The number of nitrogens with one attached hydrogen (secondary N) is 1. The minimum atomic E-state index is -2.42. The van der Waals surface area contributed by atoms with E-state index in [2.05, 4.69) is 4.72 Å². The maximum absolute atomic E-state index is 11.9. The Labute approximate surface area is 137 Å². The zero-order valence-corrected chi connectivity index (χ0v) is 13.3. The monoisotopic (exact) mass is 333 g/mol. The van der Waals surface area contributed by atoms with E-state index in [1.165, 1.54) is 0 Å². The van der Waals surface area contributed by atoms with E-state index in [9.17, 15) is 18.7 Å². The van der Waals surface area contributed by atoms with Gasteiger partial charge in [0.25, 0.3) is 0 Å². The molecule has 3 N–H and O–H groups in total. The van der Waals surface area contributed by atoms with Crippen molar-refractivity contribution in [2.75, 3.05) is 0 Å². The highest BCUT2D eigenvalue weighted by atomic mass is 32.2. The SMILES string of the molecule is O=C(O)[C@@](CCc1ccccc1)(Cc1ccccc1)NS(=O)O. The van der Waals surface area contributed by atoms with E-state index in [-0.39, 0.29) is 12.8 Å². The van der Waals surface area contributed by atoms with Crippen molar-refractivity contribution in [3.8, 4) is 0 Å². The van der Waals surface area contributed by atoms with Gasteiger partial charge in [0.15, 0.2) is 0 Å². The molecule has 0 heterocycles. The molecule has 0 aliphatic carbocycles. The fraction of sp³-hybridized carbons (Fsp3) is 0.235. The van der Waals surface area contributed by atoms with Gasteiger partial charge in [-0.25, -0.2) is 4.21 Å². The third-order valence-corrected chi connectivity index (χ3v) is 4.29. The summed E-state index contributed by atoms with van der Waals surface area (Å²) in [5.74, 6) is -1.14. The second kappa shape index (κ2) is 8.01. The maximum Gasteiger partial charge on any atom is 0.325 e. The number of benzene rings is 2. The van der Waals surface area contributed by atoms with Crippen LogP contribution in [0.5, 0.6) is 0 Å².